The number of benzene rings is 1. The van der Waals surface area contributed by atoms with Crippen LogP contribution >= 0.6 is 15.9 Å². The Morgan fingerprint density at radius 2 is 2.15 bits per heavy atom. The maximum atomic E-state index is 11.2. The second-order valence-corrected chi connectivity index (χ2v) is 6.80. The van der Waals surface area contributed by atoms with Gasteiger partial charge in [0.1, 0.15) is 6.73 Å². The van der Waals surface area contributed by atoms with Crippen molar-refractivity contribution in [3.63, 3.8) is 0 Å². The van der Waals surface area contributed by atoms with Crippen LogP contribution < -0.4 is 5.73 Å². The topological polar surface area (TPSA) is 75.8 Å². The van der Waals surface area contributed by atoms with Crippen molar-refractivity contribution in [1.82, 2.24) is 4.90 Å². The monoisotopic (exact) mass is 342 g/mol. The molecule has 110 valence electrons. The van der Waals surface area contributed by atoms with Crippen molar-refractivity contribution in [1.29, 1.82) is 0 Å². The molecular formula is C14H19BrN2O3. The van der Waals surface area contributed by atoms with E-state index in [2.05, 4.69) is 41.6 Å². The summed E-state index contributed by atoms with van der Waals surface area (Å²) in [4.78, 5) is 13.4. The SMILES string of the molecule is CC(C)(C)N1COC(c2cc(Br)c(N)c(C(=O)O)c2)C1. The highest BCUT2D eigenvalue weighted by Crippen LogP contribution is 2.34. The number of halogens is 1. The molecular weight excluding hydrogens is 324 g/mol. The standard InChI is InChI=1S/C14H19BrN2O3/c1-14(2,3)17-6-11(20-7-17)8-4-9(13(18)19)12(16)10(15)5-8/h4-5,11H,6-7,16H2,1-3H3,(H,18,19). The molecule has 6 heteroatoms. The molecule has 20 heavy (non-hydrogen) atoms. The largest absolute Gasteiger partial charge is 0.478 e. The fourth-order valence-corrected chi connectivity index (χ4v) is 2.63. The summed E-state index contributed by atoms with van der Waals surface area (Å²) in [6, 6.07) is 3.43. The molecule has 2 rings (SSSR count). The number of carboxylic acids is 1. The summed E-state index contributed by atoms with van der Waals surface area (Å²) in [5.41, 5.74) is 6.97. The molecule has 0 aromatic heterocycles. The van der Waals surface area contributed by atoms with Crippen LogP contribution in [0.2, 0.25) is 0 Å². The van der Waals surface area contributed by atoms with Gasteiger partial charge in [-0.2, -0.15) is 0 Å². The number of nitrogens with zero attached hydrogens (tertiary/aromatic N) is 1. The molecule has 1 unspecified atom stereocenters. The highest BCUT2D eigenvalue weighted by Gasteiger charge is 2.32. The second-order valence-electron chi connectivity index (χ2n) is 5.95. The zero-order valence-electron chi connectivity index (χ0n) is 11.8. The highest BCUT2D eigenvalue weighted by atomic mass is 79.9. The number of nitrogen functional groups attached to an aromatic ring is 1. The first-order valence-corrected chi connectivity index (χ1v) is 7.18. The Labute approximate surface area is 126 Å². The summed E-state index contributed by atoms with van der Waals surface area (Å²) < 4.78 is 6.37. The molecule has 1 aliphatic heterocycles. The van der Waals surface area contributed by atoms with Crippen LogP contribution in [0.1, 0.15) is 42.8 Å². The normalized spacial score (nSPS) is 20.3. The van der Waals surface area contributed by atoms with Crippen LogP contribution in [0, 0.1) is 0 Å². The smallest absolute Gasteiger partial charge is 0.337 e. The predicted molar refractivity (Wildman–Crippen MR) is 80.7 cm³/mol. The third-order valence-corrected chi connectivity index (χ3v) is 4.18. The van der Waals surface area contributed by atoms with Gasteiger partial charge in [0.05, 0.1) is 17.4 Å². The van der Waals surface area contributed by atoms with Gasteiger partial charge in [0.25, 0.3) is 0 Å². The van der Waals surface area contributed by atoms with Crippen molar-refractivity contribution in [2.75, 3.05) is 19.0 Å². The first-order chi connectivity index (χ1) is 9.20. The molecule has 1 heterocycles. The molecule has 1 atom stereocenters. The lowest BCUT2D eigenvalue weighted by molar-refractivity contribution is 0.0606. The number of carbonyl (C=O) groups is 1. The molecule has 0 aliphatic carbocycles. The molecule has 1 saturated heterocycles. The molecule has 1 aliphatic rings. The van der Waals surface area contributed by atoms with Gasteiger partial charge in [-0.1, -0.05) is 0 Å². The Morgan fingerprint density at radius 3 is 2.65 bits per heavy atom. The number of anilines is 1. The van der Waals surface area contributed by atoms with Gasteiger partial charge < -0.3 is 15.6 Å². The number of rotatable bonds is 2. The van der Waals surface area contributed by atoms with Crippen molar-refractivity contribution in [3.05, 3.63) is 27.7 Å². The van der Waals surface area contributed by atoms with Crippen molar-refractivity contribution >= 4 is 27.6 Å². The van der Waals surface area contributed by atoms with Crippen LogP contribution in [0.3, 0.4) is 0 Å². The molecule has 1 aromatic rings. The molecule has 1 aromatic carbocycles. The Morgan fingerprint density at radius 1 is 1.50 bits per heavy atom. The van der Waals surface area contributed by atoms with Crippen LogP contribution in [0.4, 0.5) is 5.69 Å². The van der Waals surface area contributed by atoms with E-state index in [-0.39, 0.29) is 22.9 Å². The minimum absolute atomic E-state index is 0.0232. The number of carboxylic acid groups (broad SMARTS) is 1. The van der Waals surface area contributed by atoms with Gasteiger partial charge in [0.15, 0.2) is 0 Å². The Hall–Kier alpha value is -1.11. The summed E-state index contributed by atoms with van der Waals surface area (Å²) in [6.45, 7) is 7.65. The Balaban J connectivity index is 2.29. The van der Waals surface area contributed by atoms with E-state index in [1.54, 1.807) is 6.07 Å². The maximum absolute atomic E-state index is 11.2. The molecule has 0 saturated carbocycles. The fourth-order valence-electron chi connectivity index (χ4n) is 2.16. The van der Waals surface area contributed by atoms with Crippen LogP contribution in [0.15, 0.2) is 16.6 Å². The lowest BCUT2D eigenvalue weighted by atomic mass is 10.0. The summed E-state index contributed by atoms with van der Waals surface area (Å²) in [5.74, 6) is -1.03. The average molecular weight is 343 g/mol. The Bertz CT molecular complexity index is 540. The van der Waals surface area contributed by atoms with E-state index in [0.717, 1.165) is 12.1 Å². The molecule has 0 amide bonds. The summed E-state index contributed by atoms with van der Waals surface area (Å²) >= 11 is 3.31. The fraction of sp³-hybridized carbons (Fsp3) is 0.500. The van der Waals surface area contributed by atoms with Crippen molar-refractivity contribution in [2.24, 2.45) is 0 Å². The summed E-state index contributed by atoms with van der Waals surface area (Å²) in [6.07, 6.45) is -0.135. The maximum Gasteiger partial charge on any atom is 0.337 e. The van der Waals surface area contributed by atoms with Gasteiger partial charge in [-0.05, 0) is 54.4 Å². The first-order valence-electron chi connectivity index (χ1n) is 6.39. The van der Waals surface area contributed by atoms with E-state index >= 15 is 0 Å². The van der Waals surface area contributed by atoms with Gasteiger partial charge in [-0.25, -0.2) is 4.79 Å². The molecule has 5 nitrogen and oxygen atoms in total. The molecule has 0 spiro atoms. The molecule has 0 bridgehead atoms. The number of nitrogens with two attached hydrogens (primary N) is 1. The van der Waals surface area contributed by atoms with Gasteiger partial charge >= 0.3 is 5.97 Å². The number of ether oxygens (including phenoxy) is 1. The summed E-state index contributed by atoms with van der Waals surface area (Å²) in [5, 5.41) is 9.19. The van der Waals surface area contributed by atoms with Crippen molar-refractivity contribution in [2.45, 2.75) is 32.4 Å². The van der Waals surface area contributed by atoms with Crippen LogP contribution in [0.5, 0.6) is 0 Å². The third kappa shape index (κ3) is 2.97. The average Bonchev–Trinajstić information content (AvgIpc) is 2.81. The zero-order chi connectivity index (χ0) is 15.1. The van der Waals surface area contributed by atoms with Gasteiger partial charge in [-0.15, -0.1) is 0 Å². The lowest BCUT2D eigenvalue weighted by Crippen LogP contribution is -2.39. The lowest BCUT2D eigenvalue weighted by Gasteiger charge is -2.29. The zero-order valence-corrected chi connectivity index (χ0v) is 13.4. The predicted octanol–water partition coefficient (Wildman–Crippen LogP) is 2.86. The van der Waals surface area contributed by atoms with Gasteiger partial charge in [0.2, 0.25) is 0 Å². The number of hydrogen-bond acceptors (Lipinski definition) is 4. The van der Waals surface area contributed by atoms with Crippen molar-refractivity contribution < 1.29 is 14.6 Å². The van der Waals surface area contributed by atoms with Crippen LogP contribution in [-0.2, 0) is 4.74 Å². The molecule has 1 fully saturated rings. The molecule has 0 radical (unpaired) electrons. The third-order valence-electron chi connectivity index (χ3n) is 3.52. The van der Waals surface area contributed by atoms with Gasteiger partial charge in [0, 0.05) is 16.6 Å². The van der Waals surface area contributed by atoms with E-state index in [0.29, 0.717) is 11.2 Å². The van der Waals surface area contributed by atoms with Gasteiger partial charge in [-0.3, -0.25) is 4.90 Å². The van der Waals surface area contributed by atoms with E-state index < -0.39 is 5.97 Å². The minimum atomic E-state index is -1.03. The number of aromatic carboxylic acids is 1. The highest BCUT2D eigenvalue weighted by molar-refractivity contribution is 9.10. The first kappa shape index (κ1) is 15.3. The quantitative estimate of drug-likeness (QED) is 0.808. The second kappa shape index (κ2) is 5.35. The number of hydrogen-bond donors (Lipinski definition) is 2. The minimum Gasteiger partial charge on any atom is -0.478 e. The molecule has 3 N–H and O–H groups in total. The van der Waals surface area contributed by atoms with E-state index in [9.17, 15) is 9.90 Å². The Kier molecular flexibility index (Phi) is 4.09. The van der Waals surface area contributed by atoms with E-state index in [1.807, 2.05) is 6.07 Å². The van der Waals surface area contributed by atoms with E-state index in [4.69, 9.17) is 10.5 Å². The summed E-state index contributed by atoms with van der Waals surface area (Å²) in [7, 11) is 0. The van der Waals surface area contributed by atoms with E-state index in [1.165, 1.54) is 0 Å². The van der Waals surface area contributed by atoms with Crippen LogP contribution in [0.25, 0.3) is 0 Å². The van der Waals surface area contributed by atoms with Crippen molar-refractivity contribution in [3.8, 4) is 0 Å². The van der Waals surface area contributed by atoms with Crippen LogP contribution in [-0.4, -0.2) is 34.8 Å².